The third-order valence-electron chi connectivity index (χ3n) is 3.89. The second kappa shape index (κ2) is 3.09. The summed E-state index contributed by atoms with van der Waals surface area (Å²) in [7, 11) is 4.63. The van der Waals surface area contributed by atoms with Crippen molar-refractivity contribution in [3.05, 3.63) is 29.8 Å². The number of para-hydroxylation sites is 1. The molecule has 0 fully saturated rings. The molecule has 2 rings (SSSR count). The molecular weight excluding hydrogens is 170 g/mol. The molecule has 14 heavy (non-hydrogen) atoms. The van der Waals surface area contributed by atoms with Crippen LogP contribution in [0.4, 0.5) is 5.69 Å². The van der Waals surface area contributed by atoms with Crippen molar-refractivity contribution in [3.63, 3.8) is 0 Å². The summed E-state index contributed by atoms with van der Waals surface area (Å²) >= 11 is 0. The van der Waals surface area contributed by atoms with Crippen LogP contribution in [0.2, 0.25) is 0 Å². The van der Waals surface area contributed by atoms with Crippen molar-refractivity contribution >= 4 is 5.69 Å². The maximum atomic E-state index is 2.35. The molecule has 0 amide bonds. The van der Waals surface area contributed by atoms with Crippen LogP contribution in [0.15, 0.2) is 24.3 Å². The molecule has 0 aliphatic carbocycles. The van der Waals surface area contributed by atoms with Gasteiger partial charge in [-0.3, -0.25) is 4.48 Å². The molecule has 0 spiro atoms. The lowest BCUT2D eigenvalue weighted by molar-refractivity contribution is 0.262. The van der Waals surface area contributed by atoms with Gasteiger partial charge in [0.15, 0.2) is 0 Å². The van der Waals surface area contributed by atoms with Crippen molar-refractivity contribution in [2.75, 3.05) is 14.1 Å². The Bertz CT molecular complexity index is 341. The standard InChI is InChI=1S/C13H20N/c1-10-9-11(2)14(3,4)13-8-6-5-7-12(10)13/h5-8,10-11H,9H2,1-4H3/q+1/t10-,11+/m1/s1. The normalized spacial score (nSPS) is 29.7. The van der Waals surface area contributed by atoms with Crippen LogP contribution in [0.25, 0.3) is 0 Å². The van der Waals surface area contributed by atoms with E-state index in [4.69, 9.17) is 0 Å². The molecule has 1 aliphatic rings. The summed E-state index contributed by atoms with van der Waals surface area (Å²) in [5, 5.41) is 0. The molecule has 0 saturated carbocycles. The molecule has 1 heteroatoms. The van der Waals surface area contributed by atoms with Gasteiger partial charge in [0, 0.05) is 12.0 Å². The Kier molecular flexibility index (Phi) is 2.15. The van der Waals surface area contributed by atoms with Gasteiger partial charge >= 0.3 is 0 Å². The molecule has 2 atom stereocenters. The van der Waals surface area contributed by atoms with E-state index in [1.807, 2.05) is 0 Å². The van der Waals surface area contributed by atoms with Crippen LogP contribution in [0.5, 0.6) is 0 Å². The lowest BCUT2D eigenvalue weighted by Gasteiger charge is -2.42. The number of rotatable bonds is 0. The first-order valence-electron chi connectivity index (χ1n) is 5.46. The van der Waals surface area contributed by atoms with E-state index in [0.717, 1.165) is 10.5 Å². The van der Waals surface area contributed by atoms with Gasteiger partial charge in [-0.05, 0) is 18.9 Å². The summed E-state index contributed by atoms with van der Waals surface area (Å²) in [4.78, 5) is 0. The SMILES string of the molecule is C[C@@H]1C[C@H](C)[N+](C)(C)c2ccccc21. The van der Waals surface area contributed by atoms with Crippen LogP contribution in [0.1, 0.15) is 31.7 Å². The molecule has 1 heterocycles. The van der Waals surface area contributed by atoms with Gasteiger partial charge in [0.2, 0.25) is 0 Å². The van der Waals surface area contributed by atoms with E-state index in [-0.39, 0.29) is 0 Å². The summed E-state index contributed by atoms with van der Waals surface area (Å²) in [5.41, 5.74) is 3.04. The van der Waals surface area contributed by atoms with Crippen LogP contribution in [0.3, 0.4) is 0 Å². The number of hydrogen-bond acceptors (Lipinski definition) is 0. The quantitative estimate of drug-likeness (QED) is 0.551. The monoisotopic (exact) mass is 190 g/mol. The summed E-state index contributed by atoms with van der Waals surface area (Å²) in [6.45, 7) is 4.70. The highest BCUT2D eigenvalue weighted by Gasteiger charge is 2.36. The average molecular weight is 190 g/mol. The molecule has 0 aromatic heterocycles. The molecule has 0 N–H and O–H groups in total. The first-order chi connectivity index (χ1) is 6.53. The highest BCUT2D eigenvalue weighted by molar-refractivity contribution is 5.53. The highest BCUT2D eigenvalue weighted by atomic mass is 15.3. The lowest BCUT2D eigenvalue weighted by Crippen LogP contribution is -2.51. The van der Waals surface area contributed by atoms with Gasteiger partial charge in [0.1, 0.15) is 5.69 Å². The van der Waals surface area contributed by atoms with Gasteiger partial charge in [-0.1, -0.05) is 25.1 Å². The van der Waals surface area contributed by atoms with E-state index in [0.29, 0.717) is 5.92 Å². The third kappa shape index (κ3) is 1.27. The Balaban J connectivity index is 2.57. The first-order valence-corrected chi connectivity index (χ1v) is 5.46. The van der Waals surface area contributed by atoms with Crippen LogP contribution in [-0.4, -0.2) is 20.1 Å². The van der Waals surface area contributed by atoms with E-state index in [1.165, 1.54) is 17.7 Å². The van der Waals surface area contributed by atoms with Gasteiger partial charge in [0.05, 0.1) is 20.1 Å². The van der Waals surface area contributed by atoms with E-state index in [1.54, 1.807) is 0 Å². The minimum absolute atomic E-state index is 0.715. The molecule has 1 aliphatic heterocycles. The number of hydrogen-bond donors (Lipinski definition) is 0. The van der Waals surface area contributed by atoms with E-state index < -0.39 is 0 Å². The zero-order valence-electron chi connectivity index (χ0n) is 9.62. The fourth-order valence-corrected chi connectivity index (χ4v) is 2.57. The molecule has 0 unspecified atom stereocenters. The summed E-state index contributed by atoms with van der Waals surface area (Å²) in [5.74, 6) is 0.715. The summed E-state index contributed by atoms with van der Waals surface area (Å²) in [6.07, 6.45) is 1.30. The van der Waals surface area contributed by atoms with Gasteiger partial charge in [0.25, 0.3) is 0 Å². The molecule has 0 saturated heterocycles. The predicted octanol–water partition coefficient (Wildman–Crippen LogP) is 3.15. The lowest BCUT2D eigenvalue weighted by atomic mass is 9.86. The van der Waals surface area contributed by atoms with Crippen molar-refractivity contribution in [2.45, 2.75) is 32.2 Å². The fourth-order valence-electron chi connectivity index (χ4n) is 2.57. The van der Waals surface area contributed by atoms with Crippen molar-refractivity contribution < 1.29 is 0 Å². The first kappa shape index (κ1) is 9.72. The van der Waals surface area contributed by atoms with E-state index >= 15 is 0 Å². The maximum absolute atomic E-state index is 2.35. The van der Waals surface area contributed by atoms with Crippen molar-refractivity contribution in [1.29, 1.82) is 0 Å². The van der Waals surface area contributed by atoms with Gasteiger partial charge in [-0.2, -0.15) is 0 Å². The molecule has 1 nitrogen and oxygen atoms in total. The minimum atomic E-state index is 0.715. The summed E-state index contributed by atoms with van der Waals surface area (Å²) in [6, 6.07) is 9.60. The second-order valence-electron chi connectivity index (χ2n) is 5.08. The Labute approximate surface area is 86.9 Å². The summed E-state index contributed by atoms with van der Waals surface area (Å²) < 4.78 is 1.03. The maximum Gasteiger partial charge on any atom is 0.136 e. The zero-order valence-corrected chi connectivity index (χ0v) is 9.62. The number of benzene rings is 1. The number of quaternary nitrogens is 1. The molecule has 0 radical (unpaired) electrons. The van der Waals surface area contributed by atoms with Crippen LogP contribution in [0, 0.1) is 0 Å². The fraction of sp³-hybridized carbons (Fsp3) is 0.538. The van der Waals surface area contributed by atoms with E-state index in [2.05, 4.69) is 52.2 Å². The van der Waals surface area contributed by atoms with Crippen LogP contribution < -0.4 is 4.48 Å². The molecule has 1 aromatic rings. The average Bonchev–Trinajstić information content (AvgIpc) is 2.16. The zero-order chi connectivity index (χ0) is 10.3. The molecule has 0 bridgehead atoms. The number of nitrogens with zero attached hydrogens (tertiary/aromatic N) is 1. The third-order valence-corrected chi connectivity index (χ3v) is 3.89. The minimum Gasteiger partial charge on any atom is -0.294 e. The molecule has 1 aromatic carbocycles. The topological polar surface area (TPSA) is 0 Å². The predicted molar refractivity (Wildman–Crippen MR) is 62.6 cm³/mol. The van der Waals surface area contributed by atoms with Crippen molar-refractivity contribution in [1.82, 2.24) is 4.48 Å². The molecule has 76 valence electrons. The van der Waals surface area contributed by atoms with Gasteiger partial charge in [-0.25, -0.2) is 0 Å². The number of fused-ring (bicyclic) bond motifs is 1. The van der Waals surface area contributed by atoms with Crippen LogP contribution >= 0.6 is 0 Å². The Morgan fingerprint density at radius 3 is 2.50 bits per heavy atom. The van der Waals surface area contributed by atoms with Crippen molar-refractivity contribution in [3.8, 4) is 0 Å². The second-order valence-corrected chi connectivity index (χ2v) is 5.08. The van der Waals surface area contributed by atoms with Crippen LogP contribution in [-0.2, 0) is 0 Å². The Morgan fingerprint density at radius 2 is 1.79 bits per heavy atom. The molecular formula is C13H20N+. The largest absolute Gasteiger partial charge is 0.294 e. The highest BCUT2D eigenvalue weighted by Crippen LogP contribution is 2.40. The van der Waals surface area contributed by atoms with E-state index in [9.17, 15) is 0 Å². The van der Waals surface area contributed by atoms with Crippen molar-refractivity contribution in [2.24, 2.45) is 0 Å². The Morgan fingerprint density at radius 1 is 1.14 bits per heavy atom. The smallest absolute Gasteiger partial charge is 0.136 e. The van der Waals surface area contributed by atoms with Gasteiger partial charge in [-0.15, -0.1) is 0 Å². The van der Waals surface area contributed by atoms with Gasteiger partial charge < -0.3 is 0 Å². The Hall–Kier alpha value is -0.820.